The van der Waals surface area contributed by atoms with Gasteiger partial charge < -0.3 is 25.4 Å². The minimum absolute atomic E-state index is 0.0731. The Balaban J connectivity index is 1.52. The zero-order chi connectivity index (χ0) is 21.5. The molecule has 0 aliphatic carbocycles. The van der Waals surface area contributed by atoms with E-state index < -0.39 is 24.1 Å². The number of alkyl halides is 2. The number of fused-ring (bicyclic) bond motifs is 2. The molecule has 0 saturated heterocycles. The molecule has 3 amide bonds. The van der Waals surface area contributed by atoms with Crippen LogP contribution in [0.4, 0.5) is 25.0 Å². The second-order valence-electron chi connectivity index (χ2n) is 7.30. The number of anilines is 2. The third-order valence-electron chi connectivity index (χ3n) is 4.94. The molecule has 0 aromatic heterocycles. The van der Waals surface area contributed by atoms with E-state index in [4.69, 9.17) is 21.1 Å². The Morgan fingerprint density at radius 1 is 1.27 bits per heavy atom. The van der Waals surface area contributed by atoms with E-state index >= 15 is 0 Å². The lowest BCUT2D eigenvalue weighted by atomic mass is 9.88. The van der Waals surface area contributed by atoms with E-state index in [1.807, 2.05) is 0 Å². The molecule has 7 nitrogen and oxygen atoms in total. The molecule has 2 aliphatic rings. The van der Waals surface area contributed by atoms with E-state index in [1.54, 1.807) is 30.3 Å². The van der Waals surface area contributed by atoms with Crippen molar-refractivity contribution in [2.24, 2.45) is 0 Å². The molecular formula is C20H18ClF2N3O4. The van der Waals surface area contributed by atoms with Crippen molar-refractivity contribution in [1.29, 1.82) is 0 Å². The molecule has 2 aromatic carbocycles. The van der Waals surface area contributed by atoms with Gasteiger partial charge in [0.25, 0.3) is 12.3 Å². The summed E-state index contributed by atoms with van der Waals surface area (Å²) in [6, 6.07) is 8.16. The lowest BCUT2D eigenvalue weighted by molar-refractivity contribution is -0.118. The van der Waals surface area contributed by atoms with Crippen molar-refractivity contribution in [1.82, 2.24) is 5.32 Å². The van der Waals surface area contributed by atoms with E-state index in [0.29, 0.717) is 27.7 Å². The van der Waals surface area contributed by atoms with Crippen molar-refractivity contribution in [3.8, 4) is 11.5 Å². The summed E-state index contributed by atoms with van der Waals surface area (Å²) in [7, 11) is 0. The van der Waals surface area contributed by atoms with Gasteiger partial charge in [-0.1, -0.05) is 17.7 Å². The molecule has 0 bridgehead atoms. The highest BCUT2D eigenvalue weighted by Gasteiger charge is 2.45. The Bertz CT molecular complexity index is 1020. The highest BCUT2D eigenvalue weighted by Crippen LogP contribution is 2.43. The second-order valence-corrected chi connectivity index (χ2v) is 7.74. The number of hydrogen-bond donors (Lipinski definition) is 3. The van der Waals surface area contributed by atoms with Gasteiger partial charge in [0, 0.05) is 22.7 Å². The van der Waals surface area contributed by atoms with Crippen LogP contribution in [0.3, 0.4) is 0 Å². The molecule has 2 aliphatic heterocycles. The van der Waals surface area contributed by atoms with E-state index in [0.717, 1.165) is 0 Å². The maximum atomic E-state index is 13.6. The highest BCUT2D eigenvalue weighted by molar-refractivity contribution is 6.30. The number of carbonyl (C=O) groups excluding carboxylic acids is 2. The molecule has 30 heavy (non-hydrogen) atoms. The lowest BCUT2D eigenvalue weighted by Crippen LogP contribution is -2.48. The topological polar surface area (TPSA) is 88.7 Å². The SMILES string of the molecule is C[C@]1(C(F)F)C[C@@H](NC(=O)Nc2ccc3c(c2)NC(=O)CO3)c2ccc(Cl)cc2O1. The number of carbonyl (C=O) groups is 2. The second kappa shape index (κ2) is 7.64. The third-order valence-corrected chi connectivity index (χ3v) is 5.18. The average Bonchev–Trinajstić information content (AvgIpc) is 2.67. The quantitative estimate of drug-likeness (QED) is 0.666. The van der Waals surface area contributed by atoms with E-state index in [9.17, 15) is 18.4 Å². The summed E-state index contributed by atoms with van der Waals surface area (Å²) in [5.41, 5.74) is -0.389. The normalized spacial score (nSPS) is 22.2. The molecule has 2 atom stereocenters. The monoisotopic (exact) mass is 437 g/mol. The third kappa shape index (κ3) is 3.97. The molecule has 0 spiro atoms. The van der Waals surface area contributed by atoms with Crippen LogP contribution < -0.4 is 25.4 Å². The summed E-state index contributed by atoms with van der Waals surface area (Å²) in [6.07, 6.45) is -2.89. The minimum atomic E-state index is -2.76. The predicted molar refractivity (Wildman–Crippen MR) is 107 cm³/mol. The van der Waals surface area contributed by atoms with Gasteiger partial charge in [-0.2, -0.15) is 0 Å². The Hall–Kier alpha value is -3.07. The molecule has 158 valence electrons. The standard InChI is InChI=1S/C20H18ClF2N3O4/c1-20(18(22)23)8-14(12-4-2-10(21)6-16(12)30-20)26-19(28)24-11-3-5-15-13(7-11)25-17(27)9-29-15/h2-7,14,18H,8-9H2,1H3,(H,25,27)(H2,24,26,28)/t14-,20-/m1/s1. The highest BCUT2D eigenvalue weighted by atomic mass is 35.5. The first-order valence-electron chi connectivity index (χ1n) is 9.14. The number of nitrogens with one attached hydrogen (secondary N) is 3. The Morgan fingerprint density at radius 2 is 2.07 bits per heavy atom. The molecule has 10 heteroatoms. The van der Waals surface area contributed by atoms with Crippen LogP contribution in [0.25, 0.3) is 0 Å². The van der Waals surface area contributed by atoms with Crippen LogP contribution >= 0.6 is 11.6 Å². The number of benzene rings is 2. The summed E-state index contributed by atoms with van der Waals surface area (Å²) in [6.45, 7) is 1.22. The largest absolute Gasteiger partial charge is 0.482 e. The molecule has 0 fully saturated rings. The molecule has 2 aromatic rings. The zero-order valence-corrected chi connectivity index (χ0v) is 16.6. The van der Waals surface area contributed by atoms with Crippen LogP contribution in [-0.4, -0.2) is 30.6 Å². The van der Waals surface area contributed by atoms with Crippen LogP contribution in [0.5, 0.6) is 11.5 Å². The van der Waals surface area contributed by atoms with E-state index in [2.05, 4.69) is 16.0 Å². The van der Waals surface area contributed by atoms with Gasteiger partial charge in [0.1, 0.15) is 11.5 Å². The molecule has 2 heterocycles. The number of hydrogen-bond acceptors (Lipinski definition) is 4. The van der Waals surface area contributed by atoms with Crippen LogP contribution in [0.1, 0.15) is 24.9 Å². The number of ether oxygens (including phenoxy) is 2. The maximum Gasteiger partial charge on any atom is 0.319 e. The molecule has 3 N–H and O–H groups in total. The van der Waals surface area contributed by atoms with Crippen LogP contribution in [0, 0.1) is 0 Å². The van der Waals surface area contributed by atoms with Gasteiger partial charge >= 0.3 is 6.03 Å². The van der Waals surface area contributed by atoms with Gasteiger partial charge in [0.15, 0.2) is 12.2 Å². The molecule has 0 saturated carbocycles. The number of urea groups is 1. The van der Waals surface area contributed by atoms with Crippen molar-refractivity contribution in [2.45, 2.75) is 31.4 Å². The van der Waals surface area contributed by atoms with Crippen molar-refractivity contribution >= 4 is 34.9 Å². The zero-order valence-electron chi connectivity index (χ0n) is 15.8. The first-order chi connectivity index (χ1) is 14.2. The van der Waals surface area contributed by atoms with Gasteiger partial charge in [-0.25, -0.2) is 13.6 Å². The van der Waals surface area contributed by atoms with Gasteiger partial charge in [-0.3, -0.25) is 4.79 Å². The number of rotatable bonds is 3. The minimum Gasteiger partial charge on any atom is -0.482 e. The van der Waals surface area contributed by atoms with Crippen LogP contribution in [-0.2, 0) is 4.79 Å². The van der Waals surface area contributed by atoms with Crippen molar-refractivity contribution in [3.05, 3.63) is 47.0 Å². The van der Waals surface area contributed by atoms with Crippen molar-refractivity contribution < 1.29 is 27.8 Å². The Kier molecular flexibility index (Phi) is 5.15. The van der Waals surface area contributed by atoms with Crippen molar-refractivity contribution in [2.75, 3.05) is 17.2 Å². The molecule has 0 unspecified atom stereocenters. The van der Waals surface area contributed by atoms with Crippen LogP contribution in [0.2, 0.25) is 5.02 Å². The first-order valence-corrected chi connectivity index (χ1v) is 9.52. The van der Waals surface area contributed by atoms with E-state index in [-0.39, 0.29) is 24.7 Å². The predicted octanol–water partition coefficient (Wildman–Crippen LogP) is 4.34. The smallest absolute Gasteiger partial charge is 0.319 e. The fourth-order valence-electron chi connectivity index (χ4n) is 3.44. The number of amides is 3. The van der Waals surface area contributed by atoms with E-state index in [1.165, 1.54) is 13.0 Å². The first kappa shape index (κ1) is 20.2. The lowest BCUT2D eigenvalue weighted by Gasteiger charge is -2.39. The molecule has 0 radical (unpaired) electrons. The van der Waals surface area contributed by atoms with Crippen molar-refractivity contribution in [3.63, 3.8) is 0 Å². The Morgan fingerprint density at radius 3 is 2.83 bits per heavy atom. The van der Waals surface area contributed by atoms with Gasteiger partial charge in [-0.05, 0) is 37.3 Å². The fraction of sp³-hybridized carbons (Fsp3) is 0.300. The average molecular weight is 438 g/mol. The molecule has 4 rings (SSSR count). The number of halogens is 3. The van der Waals surface area contributed by atoms with Gasteiger partial charge in [0.05, 0.1) is 11.7 Å². The Labute approximate surface area is 175 Å². The maximum absolute atomic E-state index is 13.6. The summed E-state index contributed by atoms with van der Waals surface area (Å²) < 4.78 is 38.0. The summed E-state index contributed by atoms with van der Waals surface area (Å²) in [4.78, 5) is 24.0. The van der Waals surface area contributed by atoms with Gasteiger partial charge in [0.2, 0.25) is 0 Å². The summed E-state index contributed by atoms with van der Waals surface area (Å²) in [5, 5.41) is 8.35. The van der Waals surface area contributed by atoms with Crippen LogP contribution in [0.15, 0.2) is 36.4 Å². The summed E-state index contributed by atoms with van der Waals surface area (Å²) in [5.74, 6) is 0.395. The molecular weight excluding hydrogens is 420 g/mol. The summed E-state index contributed by atoms with van der Waals surface area (Å²) >= 11 is 5.97. The fourth-order valence-corrected chi connectivity index (χ4v) is 3.60. The van der Waals surface area contributed by atoms with Gasteiger partial charge in [-0.15, -0.1) is 0 Å².